The van der Waals surface area contributed by atoms with Gasteiger partial charge in [-0.3, -0.25) is 0 Å². The largest absolute Gasteiger partial charge is 0.437 e. The van der Waals surface area contributed by atoms with Crippen molar-refractivity contribution in [2.24, 2.45) is 0 Å². The van der Waals surface area contributed by atoms with Crippen LogP contribution in [0.25, 0.3) is 0 Å². The molecule has 4 heteroatoms. The SMILES string of the molecule is CC1CC([P+](=O)N(C)C)CC(C)O1. The Morgan fingerprint density at radius 1 is 1.23 bits per heavy atom. The van der Waals surface area contributed by atoms with Crippen LogP contribution in [0.3, 0.4) is 0 Å². The minimum atomic E-state index is -1.21. The number of rotatable bonds is 2. The van der Waals surface area contributed by atoms with E-state index in [-0.39, 0.29) is 12.2 Å². The molecule has 0 spiro atoms. The molecule has 0 N–H and O–H groups in total. The van der Waals surface area contributed by atoms with Gasteiger partial charge in [0, 0.05) is 26.9 Å². The van der Waals surface area contributed by atoms with Gasteiger partial charge in [0.1, 0.15) is 0 Å². The van der Waals surface area contributed by atoms with Crippen molar-refractivity contribution in [3.05, 3.63) is 0 Å². The van der Waals surface area contributed by atoms with Crippen molar-refractivity contribution in [3.63, 3.8) is 0 Å². The van der Waals surface area contributed by atoms with E-state index in [1.54, 1.807) is 0 Å². The summed E-state index contributed by atoms with van der Waals surface area (Å²) in [6.07, 6.45) is 2.37. The van der Waals surface area contributed by atoms with E-state index in [0.717, 1.165) is 12.8 Å². The van der Waals surface area contributed by atoms with Crippen molar-refractivity contribution in [2.45, 2.75) is 44.6 Å². The van der Waals surface area contributed by atoms with Gasteiger partial charge in [-0.15, -0.1) is 4.67 Å². The predicted octanol–water partition coefficient (Wildman–Crippen LogP) is 2.25. The molecule has 13 heavy (non-hydrogen) atoms. The standard InChI is InChI=1S/C9H19NO2P/c1-7-5-9(6-8(2)12-7)13(11)10(3)4/h7-9H,5-6H2,1-4H3/q+1. The van der Waals surface area contributed by atoms with Gasteiger partial charge in [0.15, 0.2) is 5.66 Å². The maximum Gasteiger partial charge on any atom is 0.437 e. The predicted molar refractivity (Wildman–Crippen MR) is 54.3 cm³/mol. The third-order valence-electron chi connectivity index (χ3n) is 2.38. The number of hydrogen-bond acceptors (Lipinski definition) is 2. The minimum Gasteiger partial charge on any atom is -0.375 e. The average Bonchev–Trinajstić information content (AvgIpc) is 2.01. The Balaban J connectivity index is 2.55. The summed E-state index contributed by atoms with van der Waals surface area (Å²) in [6.45, 7) is 4.11. The lowest BCUT2D eigenvalue weighted by Crippen LogP contribution is -2.32. The molecule has 0 aromatic carbocycles. The molecule has 0 amide bonds. The minimum absolute atomic E-state index is 0.257. The molecule has 0 aromatic rings. The van der Waals surface area contributed by atoms with Crippen molar-refractivity contribution in [2.75, 3.05) is 14.1 Å². The summed E-state index contributed by atoms with van der Waals surface area (Å²) in [5.41, 5.74) is 0.309. The smallest absolute Gasteiger partial charge is 0.375 e. The van der Waals surface area contributed by atoms with Crippen LogP contribution in [0.4, 0.5) is 0 Å². The Bertz CT molecular complexity index is 186. The Labute approximate surface area is 81.3 Å². The normalized spacial score (nSPS) is 36.4. The fourth-order valence-electron chi connectivity index (χ4n) is 1.88. The summed E-state index contributed by atoms with van der Waals surface area (Å²) in [5, 5.41) is 0. The first-order chi connectivity index (χ1) is 6.00. The Morgan fingerprint density at radius 2 is 1.69 bits per heavy atom. The third-order valence-corrected chi connectivity index (χ3v) is 4.21. The quantitative estimate of drug-likeness (QED) is 0.646. The molecule has 3 atom stereocenters. The highest BCUT2D eigenvalue weighted by atomic mass is 31.1. The zero-order chi connectivity index (χ0) is 10.0. The van der Waals surface area contributed by atoms with Gasteiger partial charge in [0.25, 0.3) is 0 Å². The molecule has 1 heterocycles. The molecule has 1 saturated heterocycles. The number of ether oxygens (including phenoxy) is 1. The molecule has 76 valence electrons. The van der Waals surface area contributed by atoms with Gasteiger partial charge in [0.2, 0.25) is 0 Å². The van der Waals surface area contributed by atoms with E-state index in [2.05, 4.69) is 13.8 Å². The fourth-order valence-corrected chi connectivity index (χ4v) is 3.48. The highest BCUT2D eigenvalue weighted by Crippen LogP contribution is 2.39. The monoisotopic (exact) mass is 204 g/mol. The molecule has 1 fully saturated rings. The lowest BCUT2D eigenvalue weighted by atomic mass is 10.1. The van der Waals surface area contributed by atoms with E-state index >= 15 is 0 Å². The van der Waals surface area contributed by atoms with Crippen LogP contribution in [0.2, 0.25) is 0 Å². The van der Waals surface area contributed by atoms with E-state index < -0.39 is 7.95 Å². The Kier molecular flexibility index (Phi) is 3.84. The van der Waals surface area contributed by atoms with Gasteiger partial charge < -0.3 is 4.74 Å². The first kappa shape index (κ1) is 11.1. The van der Waals surface area contributed by atoms with Gasteiger partial charge in [-0.2, -0.15) is 0 Å². The zero-order valence-corrected chi connectivity index (χ0v) is 9.75. The Morgan fingerprint density at radius 3 is 2.08 bits per heavy atom. The first-order valence-electron chi connectivity index (χ1n) is 4.79. The zero-order valence-electron chi connectivity index (χ0n) is 8.86. The number of hydrogen-bond donors (Lipinski definition) is 0. The molecule has 0 saturated carbocycles. The van der Waals surface area contributed by atoms with E-state index in [4.69, 9.17) is 4.74 Å². The molecule has 0 aliphatic carbocycles. The second-order valence-corrected chi connectivity index (χ2v) is 6.17. The van der Waals surface area contributed by atoms with Crippen molar-refractivity contribution in [1.29, 1.82) is 0 Å². The van der Waals surface area contributed by atoms with Crippen molar-refractivity contribution < 1.29 is 9.30 Å². The second kappa shape index (κ2) is 4.50. The van der Waals surface area contributed by atoms with Crippen LogP contribution < -0.4 is 0 Å². The van der Waals surface area contributed by atoms with Gasteiger partial charge in [0.05, 0.1) is 12.2 Å². The molecule has 1 rings (SSSR count). The summed E-state index contributed by atoms with van der Waals surface area (Å²) in [7, 11) is 2.55. The summed E-state index contributed by atoms with van der Waals surface area (Å²) in [6, 6.07) is 0. The maximum absolute atomic E-state index is 11.8. The van der Waals surface area contributed by atoms with Crippen LogP contribution in [-0.4, -0.2) is 36.6 Å². The van der Waals surface area contributed by atoms with Crippen molar-refractivity contribution >= 4 is 7.95 Å². The topological polar surface area (TPSA) is 29.5 Å². The Hall–Kier alpha value is 0.0200. The molecule has 1 aliphatic rings. The summed E-state index contributed by atoms with van der Waals surface area (Å²) in [5.74, 6) is 0. The summed E-state index contributed by atoms with van der Waals surface area (Å²) >= 11 is 0. The lowest BCUT2D eigenvalue weighted by Gasteiger charge is -2.27. The second-order valence-electron chi connectivity index (χ2n) is 4.03. The van der Waals surface area contributed by atoms with Crippen LogP contribution in [0.5, 0.6) is 0 Å². The molecule has 0 bridgehead atoms. The van der Waals surface area contributed by atoms with Crippen LogP contribution in [0, 0.1) is 0 Å². The summed E-state index contributed by atoms with van der Waals surface area (Å²) in [4.78, 5) is 0. The van der Waals surface area contributed by atoms with Crippen LogP contribution in [-0.2, 0) is 9.30 Å². The summed E-state index contributed by atoms with van der Waals surface area (Å²) < 4.78 is 19.2. The lowest BCUT2D eigenvalue weighted by molar-refractivity contribution is -0.0279. The molecule has 3 nitrogen and oxygen atoms in total. The van der Waals surface area contributed by atoms with Gasteiger partial charge >= 0.3 is 7.95 Å². The van der Waals surface area contributed by atoms with E-state index in [9.17, 15) is 4.57 Å². The van der Waals surface area contributed by atoms with E-state index in [0.29, 0.717) is 5.66 Å². The fraction of sp³-hybridized carbons (Fsp3) is 1.00. The van der Waals surface area contributed by atoms with E-state index in [1.165, 1.54) is 0 Å². The number of nitrogens with zero attached hydrogens (tertiary/aromatic N) is 1. The van der Waals surface area contributed by atoms with Gasteiger partial charge in [-0.1, -0.05) is 0 Å². The van der Waals surface area contributed by atoms with Crippen LogP contribution in [0.1, 0.15) is 26.7 Å². The van der Waals surface area contributed by atoms with Crippen molar-refractivity contribution in [1.82, 2.24) is 4.67 Å². The molecule has 3 unspecified atom stereocenters. The highest BCUT2D eigenvalue weighted by Gasteiger charge is 2.39. The van der Waals surface area contributed by atoms with Crippen LogP contribution in [0.15, 0.2) is 0 Å². The molecular formula is C9H19NO2P+. The third kappa shape index (κ3) is 3.01. The van der Waals surface area contributed by atoms with Gasteiger partial charge in [-0.25, -0.2) is 0 Å². The highest BCUT2D eigenvalue weighted by molar-refractivity contribution is 7.42. The average molecular weight is 204 g/mol. The van der Waals surface area contributed by atoms with Crippen LogP contribution >= 0.6 is 7.95 Å². The van der Waals surface area contributed by atoms with E-state index in [1.807, 2.05) is 18.8 Å². The maximum atomic E-state index is 11.8. The molecule has 1 aliphatic heterocycles. The first-order valence-corrected chi connectivity index (χ1v) is 6.08. The molecule has 0 radical (unpaired) electrons. The van der Waals surface area contributed by atoms with Gasteiger partial charge in [-0.05, 0) is 18.4 Å². The molecular weight excluding hydrogens is 185 g/mol. The molecule has 0 aromatic heterocycles. The van der Waals surface area contributed by atoms with Crippen molar-refractivity contribution in [3.8, 4) is 0 Å².